The van der Waals surface area contributed by atoms with Crippen molar-refractivity contribution in [3.63, 3.8) is 0 Å². The fourth-order valence-corrected chi connectivity index (χ4v) is 6.26. The van der Waals surface area contributed by atoms with Crippen LogP contribution in [0.5, 0.6) is 0 Å². The molecule has 6 atom stereocenters. The molecule has 2 aliphatic rings. The minimum Gasteiger partial charge on any atom is -0.341 e. The zero-order valence-corrected chi connectivity index (χ0v) is 21.8. The average Bonchev–Trinajstić information content (AvgIpc) is 2.81. The number of nitrogens with zero attached hydrogens (tertiary/aromatic N) is 2. The molecule has 6 nitrogen and oxygen atoms in total. The summed E-state index contributed by atoms with van der Waals surface area (Å²) in [5.41, 5.74) is 2.95. The predicted molar refractivity (Wildman–Crippen MR) is 138 cm³/mol. The van der Waals surface area contributed by atoms with Gasteiger partial charge in [0.2, 0.25) is 5.91 Å². The lowest BCUT2D eigenvalue weighted by molar-refractivity contribution is -0.128. The van der Waals surface area contributed by atoms with Crippen LogP contribution in [0.1, 0.15) is 89.8 Å². The van der Waals surface area contributed by atoms with Crippen molar-refractivity contribution in [2.45, 2.75) is 97.7 Å². The van der Waals surface area contributed by atoms with Crippen LogP contribution in [0.15, 0.2) is 23.1 Å². The summed E-state index contributed by atoms with van der Waals surface area (Å²) in [4.78, 5) is 31.2. The molecule has 1 aliphatic carbocycles. The Morgan fingerprint density at radius 1 is 1.26 bits per heavy atom. The van der Waals surface area contributed by atoms with E-state index in [9.17, 15) is 9.59 Å². The standard InChI is InChI=1S/C28H42N4O2/c1-7-21-14-28(5,8-2)15-25(30-21)31-26(33)19-10-9-17(3)22(12-19)23-13-20-16-29-18(4)11-24(20)32(6)27(23)34/h11,13,16-17,19,21-22,25,30H,7-10,12,14-15H2,1-6H3,(H,31,33). The number of nitrogens with one attached hydrogen (secondary N) is 2. The van der Waals surface area contributed by atoms with Gasteiger partial charge in [0.1, 0.15) is 0 Å². The van der Waals surface area contributed by atoms with E-state index in [2.05, 4.69) is 43.3 Å². The second kappa shape index (κ2) is 9.80. The normalized spacial score (nSPS) is 32.0. The van der Waals surface area contributed by atoms with Crippen LogP contribution in [0, 0.1) is 24.2 Å². The van der Waals surface area contributed by atoms with Crippen molar-refractivity contribution in [1.82, 2.24) is 20.2 Å². The van der Waals surface area contributed by atoms with Gasteiger partial charge in [-0.05, 0) is 74.8 Å². The smallest absolute Gasteiger partial charge is 0.254 e. The van der Waals surface area contributed by atoms with Crippen molar-refractivity contribution in [1.29, 1.82) is 0 Å². The number of aromatic nitrogens is 2. The highest BCUT2D eigenvalue weighted by molar-refractivity contribution is 5.80. The Morgan fingerprint density at radius 3 is 2.74 bits per heavy atom. The van der Waals surface area contributed by atoms with E-state index in [1.807, 2.05) is 32.3 Å². The molecule has 0 radical (unpaired) electrons. The van der Waals surface area contributed by atoms with E-state index in [-0.39, 0.29) is 34.9 Å². The quantitative estimate of drug-likeness (QED) is 0.665. The van der Waals surface area contributed by atoms with Crippen molar-refractivity contribution in [3.05, 3.63) is 39.9 Å². The van der Waals surface area contributed by atoms with Gasteiger partial charge >= 0.3 is 0 Å². The Bertz CT molecular complexity index is 1110. The number of amides is 1. The zero-order chi connectivity index (χ0) is 24.6. The summed E-state index contributed by atoms with van der Waals surface area (Å²) < 4.78 is 1.75. The van der Waals surface area contributed by atoms with Crippen molar-refractivity contribution in [2.24, 2.45) is 24.3 Å². The molecule has 0 bridgehead atoms. The van der Waals surface area contributed by atoms with Crippen molar-refractivity contribution < 1.29 is 4.79 Å². The van der Waals surface area contributed by atoms with Crippen LogP contribution in [0.2, 0.25) is 0 Å². The minimum atomic E-state index is -0.0607. The molecule has 2 fully saturated rings. The Hall–Kier alpha value is -2.21. The molecule has 1 aliphatic heterocycles. The van der Waals surface area contributed by atoms with Gasteiger partial charge in [0.25, 0.3) is 5.56 Å². The van der Waals surface area contributed by atoms with Gasteiger partial charge in [-0.15, -0.1) is 0 Å². The molecule has 1 saturated carbocycles. The maximum atomic E-state index is 13.4. The highest BCUT2D eigenvalue weighted by Crippen LogP contribution is 2.41. The Labute approximate surface area is 203 Å². The fourth-order valence-electron chi connectivity index (χ4n) is 6.26. The molecule has 2 aromatic heterocycles. The molecule has 6 heteroatoms. The van der Waals surface area contributed by atoms with Crippen LogP contribution in [-0.2, 0) is 11.8 Å². The van der Waals surface area contributed by atoms with Gasteiger partial charge in [-0.1, -0.05) is 34.1 Å². The highest BCUT2D eigenvalue weighted by atomic mass is 16.2. The summed E-state index contributed by atoms with van der Waals surface area (Å²) in [5.74, 6) is 0.528. The van der Waals surface area contributed by atoms with Crippen LogP contribution in [0.25, 0.3) is 10.9 Å². The lowest BCUT2D eigenvalue weighted by atomic mass is 9.71. The van der Waals surface area contributed by atoms with E-state index < -0.39 is 0 Å². The average molecular weight is 467 g/mol. The summed E-state index contributed by atoms with van der Waals surface area (Å²) >= 11 is 0. The van der Waals surface area contributed by atoms with E-state index in [1.165, 1.54) is 0 Å². The highest BCUT2D eigenvalue weighted by Gasteiger charge is 2.38. The number of piperidine rings is 1. The maximum absolute atomic E-state index is 13.4. The number of hydrogen-bond donors (Lipinski definition) is 2. The number of fused-ring (bicyclic) bond motifs is 1. The molecule has 186 valence electrons. The van der Waals surface area contributed by atoms with E-state index in [1.54, 1.807) is 4.57 Å². The first kappa shape index (κ1) is 24.9. The first-order chi connectivity index (χ1) is 16.1. The van der Waals surface area contributed by atoms with Crippen LogP contribution in [0.3, 0.4) is 0 Å². The Morgan fingerprint density at radius 2 is 2.03 bits per heavy atom. The topological polar surface area (TPSA) is 76.0 Å². The van der Waals surface area contributed by atoms with E-state index >= 15 is 0 Å². The molecule has 2 aromatic rings. The predicted octanol–water partition coefficient (Wildman–Crippen LogP) is 4.78. The summed E-state index contributed by atoms with van der Waals surface area (Å²) in [6, 6.07) is 4.43. The van der Waals surface area contributed by atoms with Gasteiger partial charge in [0.05, 0.1) is 11.7 Å². The third-order valence-electron chi connectivity index (χ3n) is 8.77. The van der Waals surface area contributed by atoms with E-state index in [0.29, 0.717) is 12.0 Å². The second-order valence-corrected chi connectivity index (χ2v) is 11.3. The third kappa shape index (κ3) is 4.93. The summed E-state index contributed by atoms with van der Waals surface area (Å²) in [6.45, 7) is 11.0. The molecular weight excluding hydrogens is 424 g/mol. The number of carbonyl (C=O) groups excluding carboxylic acids is 1. The van der Waals surface area contributed by atoms with Gasteiger partial charge in [-0.2, -0.15) is 0 Å². The maximum Gasteiger partial charge on any atom is 0.254 e. The molecular formula is C28H42N4O2. The van der Waals surface area contributed by atoms with Crippen molar-refractivity contribution >= 4 is 16.8 Å². The molecule has 6 unspecified atom stereocenters. The number of carbonyl (C=O) groups is 1. The number of pyridine rings is 2. The van der Waals surface area contributed by atoms with Crippen LogP contribution < -0.4 is 16.2 Å². The first-order valence-electron chi connectivity index (χ1n) is 13.2. The molecule has 0 spiro atoms. The molecule has 2 N–H and O–H groups in total. The molecule has 4 rings (SSSR count). The number of aryl methyl sites for hydroxylation is 2. The van der Waals surface area contributed by atoms with Gasteiger partial charge in [0.15, 0.2) is 0 Å². The summed E-state index contributed by atoms with van der Waals surface area (Å²) in [6.07, 6.45) is 8.77. The molecule has 1 amide bonds. The van der Waals surface area contributed by atoms with Gasteiger partial charge in [-0.25, -0.2) is 0 Å². The Balaban J connectivity index is 1.53. The lowest BCUT2D eigenvalue weighted by Gasteiger charge is -2.43. The molecule has 34 heavy (non-hydrogen) atoms. The first-order valence-corrected chi connectivity index (χ1v) is 13.2. The SMILES string of the molecule is CCC1CC(C)(CC)CC(NC(=O)C2CCC(C)C(c3cc4cnc(C)cc4n(C)c3=O)C2)N1. The number of hydrogen-bond acceptors (Lipinski definition) is 4. The summed E-state index contributed by atoms with van der Waals surface area (Å²) in [7, 11) is 1.84. The fraction of sp³-hybridized carbons (Fsp3) is 0.679. The largest absolute Gasteiger partial charge is 0.341 e. The van der Waals surface area contributed by atoms with Crippen LogP contribution in [0.4, 0.5) is 0 Å². The molecule has 3 heterocycles. The lowest BCUT2D eigenvalue weighted by Crippen LogP contribution is -2.57. The van der Waals surface area contributed by atoms with Gasteiger partial charge < -0.3 is 9.88 Å². The van der Waals surface area contributed by atoms with Crippen molar-refractivity contribution in [3.8, 4) is 0 Å². The number of rotatable bonds is 5. The molecule has 1 saturated heterocycles. The second-order valence-electron chi connectivity index (χ2n) is 11.3. The van der Waals surface area contributed by atoms with Gasteiger partial charge in [-0.3, -0.25) is 19.9 Å². The van der Waals surface area contributed by atoms with Gasteiger partial charge in [0, 0.05) is 41.8 Å². The van der Waals surface area contributed by atoms with Crippen molar-refractivity contribution in [2.75, 3.05) is 0 Å². The Kier molecular flexibility index (Phi) is 7.18. The third-order valence-corrected chi connectivity index (χ3v) is 8.77. The minimum absolute atomic E-state index is 0.0248. The monoisotopic (exact) mass is 466 g/mol. The van der Waals surface area contributed by atoms with Crippen LogP contribution in [-0.4, -0.2) is 27.7 Å². The molecule has 0 aromatic carbocycles. The van der Waals surface area contributed by atoms with E-state index in [0.717, 1.165) is 67.1 Å². The van der Waals surface area contributed by atoms with Crippen LogP contribution >= 0.6 is 0 Å². The summed E-state index contributed by atoms with van der Waals surface area (Å²) in [5, 5.41) is 7.99. The zero-order valence-electron chi connectivity index (χ0n) is 21.8. The van der Waals surface area contributed by atoms with E-state index in [4.69, 9.17) is 0 Å².